The monoisotopic (exact) mass is 359 g/mol. The van der Waals surface area contributed by atoms with Crippen molar-refractivity contribution in [1.82, 2.24) is 0 Å². The number of rotatable bonds is 5. The average Bonchev–Trinajstić information content (AvgIpc) is 3.50. The number of anilines is 1. The van der Waals surface area contributed by atoms with Crippen LogP contribution < -0.4 is 5.32 Å². The predicted octanol–water partition coefficient (Wildman–Crippen LogP) is 4.80. The third kappa shape index (κ3) is 3.80. The smallest absolute Gasteiger partial charge is 0.228 e. The first-order valence-electron chi connectivity index (χ1n) is 8.88. The molecule has 0 radical (unpaired) electrons. The van der Waals surface area contributed by atoms with Crippen LogP contribution >= 0.6 is 0 Å². The number of ketones is 1. The minimum absolute atomic E-state index is 0.0753. The number of nitrogens with one attached hydrogen (secondary N) is 1. The largest absolute Gasteiger partial charge is 0.326 e. The summed E-state index contributed by atoms with van der Waals surface area (Å²) >= 11 is 0. The highest BCUT2D eigenvalue weighted by Crippen LogP contribution is 2.48. The van der Waals surface area contributed by atoms with Gasteiger partial charge in [0.15, 0.2) is 5.78 Å². The van der Waals surface area contributed by atoms with E-state index in [-0.39, 0.29) is 29.3 Å². The zero-order valence-corrected chi connectivity index (χ0v) is 14.6. The third-order valence-electron chi connectivity index (χ3n) is 4.85. The van der Waals surface area contributed by atoms with Crippen molar-refractivity contribution in [1.29, 1.82) is 0 Å². The first-order valence-corrected chi connectivity index (χ1v) is 8.88. The molecule has 3 nitrogen and oxygen atoms in total. The van der Waals surface area contributed by atoms with Gasteiger partial charge in [-0.3, -0.25) is 9.59 Å². The van der Waals surface area contributed by atoms with Crippen LogP contribution in [-0.2, 0) is 4.79 Å². The maximum absolute atomic E-state index is 13.0. The van der Waals surface area contributed by atoms with Gasteiger partial charge in [0.2, 0.25) is 5.91 Å². The Bertz CT molecular complexity index is 983. The Balaban J connectivity index is 1.44. The third-order valence-corrected chi connectivity index (χ3v) is 4.85. The van der Waals surface area contributed by atoms with E-state index < -0.39 is 0 Å². The fourth-order valence-corrected chi connectivity index (χ4v) is 3.29. The van der Waals surface area contributed by atoms with Gasteiger partial charge in [-0.15, -0.1) is 0 Å². The molecule has 1 aliphatic carbocycles. The van der Waals surface area contributed by atoms with Crippen molar-refractivity contribution in [3.05, 3.63) is 101 Å². The van der Waals surface area contributed by atoms with Crippen LogP contribution in [0.4, 0.5) is 10.1 Å². The van der Waals surface area contributed by atoms with E-state index in [4.69, 9.17) is 0 Å². The maximum atomic E-state index is 13.0. The molecule has 1 amide bonds. The zero-order valence-electron chi connectivity index (χ0n) is 14.6. The van der Waals surface area contributed by atoms with Crippen LogP contribution in [0.15, 0.2) is 78.9 Å². The van der Waals surface area contributed by atoms with Crippen molar-refractivity contribution >= 4 is 17.4 Å². The van der Waals surface area contributed by atoms with Crippen molar-refractivity contribution in [3.8, 4) is 0 Å². The summed E-state index contributed by atoms with van der Waals surface area (Å²) < 4.78 is 13.0. The molecule has 1 aliphatic rings. The summed E-state index contributed by atoms with van der Waals surface area (Å²) in [5.41, 5.74) is 2.72. The molecule has 4 rings (SSSR count). The second-order valence-electron chi connectivity index (χ2n) is 6.77. The zero-order chi connectivity index (χ0) is 18.8. The molecule has 0 aliphatic heterocycles. The summed E-state index contributed by atoms with van der Waals surface area (Å²) in [5, 5.41) is 2.90. The van der Waals surface area contributed by atoms with Crippen molar-refractivity contribution in [2.75, 3.05) is 5.32 Å². The van der Waals surface area contributed by atoms with E-state index in [2.05, 4.69) is 5.32 Å². The molecule has 1 saturated carbocycles. The van der Waals surface area contributed by atoms with Crippen molar-refractivity contribution in [3.63, 3.8) is 0 Å². The van der Waals surface area contributed by atoms with Gasteiger partial charge >= 0.3 is 0 Å². The summed E-state index contributed by atoms with van der Waals surface area (Å²) in [4.78, 5) is 25.1. The van der Waals surface area contributed by atoms with E-state index in [1.165, 1.54) is 12.1 Å². The number of hydrogen-bond donors (Lipinski definition) is 1. The van der Waals surface area contributed by atoms with E-state index in [0.717, 1.165) is 12.0 Å². The van der Waals surface area contributed by atoms with Crippen LogP contribution in [-0.4, -0.2) is 11.7 Å². The van der Waals surface area contributed by atoms with E-state index >= 15 is 0 Å². The molecule has 0 bridgehead atoms. The van der Waals surface area contributed by atoms with Gasteiger partial charge in [0.1, 0.15) is 5.82 Å². The fourth-order valence-electron chi connectivity index (χ4n) is 3.29. The van der Waals surface area contributed by atoms with Crippen LogP contribution in [0.25, 0.3) is 0 Å². The Morgan fingerprint density at radius 2 is 1.56 bits per heavy atom. The molecule has 1 fully saturated rings. The van der Waals surface area contributed by atoms with Gasteiger partial charge in [-0.25, -0.2) is 4.39 Å². The Labute approximate surface area is 156 Å². The molecular formula is C23H18FNO2. The summed E-state index contributed by atoms with van der Waals surface area (Å²) in [6.07, 6.45) is 0.750. The lowest BCUT2D eigenvalue weighted by Crippen LogP contribution is -2.15. The van der Waals surface area contributed by atoms with Crippen LogP contribution in [0.3, 0.4) is 0 Å². The van der Waals surface area contributed by atoms with Gasteiger partial charge in [-0.2, -0.15) is 0 Å². The Hall–Kier alpha value is -3.27. The molecule has 134 valence electrons. The molecular weight excluding hydrogens is 341 g/mol. The van der Waals surface area contributed by atoms with Gasteiger partial charge in [-0.1, -0.05) is 54.6 Å². The van der Waals surface area contributed by atoms with Crippen molar-refractivity contribution in [2.45, 2.75) is 12.3 Å². The van der Waals surface area contributed by atoms with Crippen molar-refractivity contribution < 1.29 is 14.0 Å². The maximum Gasteiger partial charge on any atom is 0.228 e. The second kappa shape index (κ2) is 7.16. The second-order valence-corrected chi connectivity index (χ2v) is 6.77. The molecule has 3 aromatic carbocycles. The number of carbonyl (C=O) groups excluding carboxylic acids is 2. The number of halogens is 1. The quantitative estimate of drug-likeness (QED) is 0.665. The molecule has 3 aromatic rings. The van der Waals surface area contributed by atoms with E-state index in [0.29, 0.717) is 16.8 Å². The Morgan fingerprint density at radius 1 is 0.852 bits per heavy atom. The molecule has 1 N–H and O–H groups in total. The average molecular weight is 359 g/mol. The molecule has 2 atom stereocenters. The SMILES string of the molecule is O=C(c1ccccc1)c1cccc(NC(=O)C2CC2c2ccc(F)cc2)c1. The highest BCUT2D eigenvalue weighted by atomic mass is 19.1. The van der Waals surface area contributed by atoms with E-state index in [9.17, 15) is 14.0 Å². The molecule has 0 saturated heterocycles. The number of amides is 1. The molecule has 4 heteroatoms. The van der Waals surface area contributed by atoms with Gasteiger partial charge < -0.3 is 5.32 Å². The predicted molar refractivity (Wildman–Crippen MR) is 102 cm³/mol. The van der Waals surface area contributed by atoms with Crippen LogP contribution in [0.2, 0.25) is 0 Å². The minimum atomic E-state index is -0.278. The first kappa shape index (κ1) is 17.2. The van der Waals surface area contributed by atoms with Gasteiger partial charge in [0.05, 0.1) is 0 Å². The van der Waals surface area contributed by atoms with Crippen LogP contribution in [0, 0.1) is 11.7 Å². The molecule has 27 heavy (non-hydrogen) atoms. The summed E-state index contributed by atoms with van der Waals surface area (Å²) in [7, 11) is 0. The van der Waals surface area contributed by atoms with Crippen LogP contribution in [0.1, 0.15) is 33.8 Å². The molecule has 2 unspecified atom stereocenters. The number of benzene rings is 3. The molecule has 0 heterocycles. The van der Waals surface area contributed by atoms with Crippen LogP contribution in [0.5, 0.6) is 0 Å². The highest BCUT2D eigenvalue weighted by molar-refractivity contribution is 6.09. The number of carbonyl (C=O) groups is 2. The van der Waals surface area contributed by atoms with Gasteiger partial charge in [-0.05, 0) is 42.2 Å². The Morgan fingerprint density at radius 3 is 2.30 bits per heavy atom. The van der Waals surface area contributed by atoms with E-state index in [1.807, 2.05) is 18.2 Å². The summed E-state index contributed by atoms with van der Waals surface area (Å²) in [6.45, 7) is 0. The Kier molecular flexibility index (Phi) is 4.55. The highest BCUT2D eigenvalue weighted by Gasteiger charge is 2.43. The fraction of sp³-hybridized carbons (Fsp3) is 0.130. The lowest BCUT2D eigenvalue weighted by molar-refractivity contribution is -0.117. The normalized spacial score (nSPS) is 18.0. The topological polar surface area (TPSA) is 46.2 Å². The molecule has 0 aromatic heterocycles. The summed E-state index contributed by atoms with van der Waals surface area (Å²) in [5.74, 6) is -0.431. The lowest BCUT2D eigenvalue weighted by Gasteiger charge is -2.07. The van der Waals surface area contributed by atoms with Crippen molar-refractivity contribution in [2.24, 2.45) is 5.92 Å². The minimum Gasteiger partial charge on any atom is -0.326 e. The van der Waals surface area contributed by atoms with Gasteiger partial charge in [0.25, 0.3) is 0 Å². The standard InChI is InChI=1S/C23H18FNO2/c24-18-11-9-15(10-12-18)20-14-21(20)23(27)25-19-8-4-7-17(13-19)22(26)16-5-2-1-3-6-16/h1-13,20-21H,14H2,(H,25,27). The molecule has 0 spiro atoms. The lowest BCUT2D eigenvalue weighted by atomic mass is 10.0. The first-order chi connectivity index (χ1) is 13.1. The number of hydrogen-bond acceptors (Lipinski definition) is 2. The van der Waals surface area contributed by atoms with E-state index in [1.54, 1.807) is 48.5 Å². The van der Waals surface area contributed by atoms with Gasteiger partial charge in [0, 0.05) is 22.7 Å². The summed E-state index contributed by atoms with van der Waals surface area (Å²) in [6, 6.07) is 22.3.